The maximum absolute atomic E-state index is 13.0. The Balaban J connectivity index is 1.62. The van der Waals surface area contributed by atoms with Gasteiger partial charge in [0, 0.05) is 24.3 Å². The van der Waals surface area contributed by atoms with Crippen molar-refractivity contribution in [1.29, 1.82) is 0 Å². The van der Waals surface area contributed by atoms with Gasteiger partial charge in [-0.3, -0.25) is 9.59 Å². The maximum Gasteiger partial charge on any atom is 0.265 e. The van der Waals surface area contributed by atoms with Gasteiger partial charge in [0.25, 0.3) is 5.91 Å². The third kappa shape index (κ3) is 4.20. The number of hydrogen-bond acceptors (Lipinski definition) is 3. The van der Waals surface area contributed by atoms with E-state index in [0.29, 0.717) is 24.3 Å². The maximum atomic E-state index is 13.0. The molecule has 2 amide bonds. The van der Waals surface area contributed by atoms with Crippen LogP contribution < -0.4 is 15.0 Å². The van der Waals surface area contributed by atoms with Crippen LogP contribution >= 0.6 is 0 Å². The number of rotatable bonds is 6. The molecule has 1 atom stereocenters. The number of carbonyl (C=O) groups excluding carboxylic acids is 2. The summed E-state index contributed by atoms with van der Waals surface area (Å²) in [5.74, 6) is -0.0647. The second-order valence-electron chi connectivity index (χ2n) is 6.15. The first-order valence-corrected chi connectivity index (χ1v) is 8.70. The number of carbonyl (C=O) groups is 2. The van der Waals surface area contributed by atoms with Crippen molar-refractivity contribution in [2.24, 2.45) is 0 Å². The van der Waals surface area contributed by atoms with Crippen molar-refractivity contribution in [2.75, 3.05) is 16.8 Å². The van der Waals surface area contributed by atoms with Crippen molar-refractivity contribution < 1.29 is 18.7 Å². The minimum atomic E-state index is -0.680. The number of hydrogen-bond donors (Lipinski definition) is 1. The number of nitrogens with zero attached hydrogens (tertiary/aromatic N) is 1. The lowest BCUT2D eigenvalue weighted by molar-refractivity contribution is -0.122. The topological polar surface area (TPSA) is 58.6 Å². The van der Waals surface area contributed by atoms with Crippen LogP contribution in [-0.4, -0.2) is 24.5 Å². The van der Waals surface area contributed by atoms with E-state index in [2.05, 4.69) is 5.32 Å². The first-order chi connectivity index (χ1) is 12.6. The standard InChI is InChI=1S/C20H21FN2O3/c1-2-18(26-17-11-5-14(21)6-12-17)20(25)22-15-7-9-16(10-8-15)23-13-3-4-19(23)24/h5-12,18H,2-4,13H2,1H3,(H,22,25)/t18-/m0/s1. The molecule has 6 heteroatoms. The van der Waals surface area contributed by atoms with E-state index in [-0.39, 0.29) is 17.6 Å². The van der Waals surface area contributed by atoms with E-state index in [4.69, 9.17) is 4.74 Å². The van der Waals surface area contributed by atoms with Gasteiger partial charge in [-0.25, -0.2) is 4.39 Å². The monoisotopic (exact) mass is 356 g/mol. The molecule has 26 heavy (non-hydrogen) atoms. The van der Waals surface area contributed by atoms with Crippen LogP contribution in [0.15, 0.2) is 48.5 Å². The minimum absolute atomic E-state index is 0.125. The highest BCUT2D eigenvalue weighted by atomic mass is 19.1. The Labute approximate surface area is 151 Å². The number of nitrogens with one attached hydrogen (secondary N) is 1. The molecule has 1 heterocycles. The second-order valence-corrected chi connectivity index (χ2v) is 6.15. The lowest BCUT2D eigenvalue weighted by atomic mass is 10.2. The third-order valence-corrected chi connectivity index (χ3v) is 4.28. The molecule has 1 N–H and O–H groups in total. The Hall–Kier alpha value is -2.89. The molecule has 0 spiro atoms. The molecule has 2 aromatic carbocycles. The van der Waals surface area contributed by atoms with Gasteiger partial charge in [0.15, 0.2) is 6.10 Å². The van der Waals surface area contributed by atoms with Crippen LogP contribution in [0.1, 0.15) is 26.2 Å². The van der Waals surface area contributed by atoms with Crippen molar-refractivity contribution in [3.05, 3.63) is 54.3 Å². The van der Waals surface area contributed by atoms with Gasteiger partial charge >= 0.3 is 0 Å². The zero-order valence-electron chi connectivity index (χ0n) is 14.6. The summed E-state index contributed by atoms with van der Waals surface area (Å²) in [6, 6.07) is 12.7. The van der Waals surface area contributed by atoms with E-state index in [9.17, 15) is 14.0 Å². The summed E-state index contributed by atoms with van der Waals surface area (Å²) in [6.45, 7) is 2.57. The zero-order chi connectivity index (χ0) is 18.5. The van der Waals surface area contributed by atoms with Gasteiger partial charge in [-0.05, 0) is 61.4 Å². The average molecular weight is 356 g/mol. The van der Waals surface area contributed by atoms with Crippen LogP contribution in [-0.2, 0) is 9.59 Å². The molecule has 0 aliphatic carbocycles. The molecule has 1 fully saturated rings. The van der Waals surface area contributed by atoms with E-state index in [1.54, 1.807) is 17.0 Å². The number of amides is 2. The first-order valence-electron chi connectivity index (χ1n) is 8.70. The molecule has 0 bridgehead atoms. The third-order valence-electron chi connectivity index (χ3n) is 4.28. The van der Waals surface area contributed by atoms with Gasteiger partial charge in [0.2, 0.25) is 5.91 Å². The van der Waals surface area contributed by atoms with Gasteiger partial charge in [-0.2, -0.15) is 0 Å². The Morgan fingerprint density at radius 3 is 2.46 bits per heavy atom. The summed E-state index contributed by atoms with van der Waals surface area (Å²) in [5, 5.41) is 2.81. The molecule has 0 unspecified atom stereocenters. The van der Waals surface area contributed by atoms with Gasteiger partial charge < -0.3 is 15.0 Å². The fourth-order valence-electron chi connectivity index (χ4n) is 2.87. The summed E-state index contributed by atoms with van der Waals surface area (Å²) in [4.78, 5) is 26.0. The predicted octanol–water partition coefficient (Wildman–Crippen LogP) is 3.75. The molecule has 3 rings (SSSR count). The van der Waals surface area contributed by atoms with Crippen molar-refractivity contribution in [1.82, 2.24) is 0 Å². The zero-order valence-corrected chi connectivity index (χ0v) is 14.6. The van der Waals surface area contributed by atoms with Crippen LogP contribution in [0.2, 0.25) is 0 Å². The highest BCUT2D eigenvalue weighted by molar-refractivity contribution is 5.97. The molecule has 1 saturated heterocycles. The molecule has 5 nitrogen and oxygen atoms in total. The predicted molar refractivity (Wildman–Crippen MR) is 97.8 cm³/mol. The fourth-order valence-corrected chi connectivity index (χ4v) is 2.87. The fraction of sp³-hybridized carbons (Fsp3) is 0.300. The van der Waals surface area contributed by atoms with Gasteiger partial charge in [0.1, 0.15) is 11.6 Å². The summed E-state index contributed by atoms with van der Waals surface area (Å²) in [5.41, 5.74) is 1.46. The lowest BCUT2D eigenvalue weighted by Gasteiger charge is -2.18. The Morgan fingerprint density at radius 2 is 1.88 bits per heavy atom. The van der Waals surface area contributed by atoms with Crippen LogP contribution in [0.3, 0.4) is 0 Å². The van der Waals surface area contributed by atoms with Crippen molar-refractivity contribution in [2.45, 2.75) is 32.3 Å². The van der Waals surface area contributed by atoms with Crippen LogP contribution in [0, 0.1) is 5.82 Å². The largest absolute Gasteiger partial charge is 0.481 e. The lowest BCUT2D eigenvalue weighted by Crippen LogP contribution is -2.32. The van der Waals surface area contributed by atoms with Crippen LogP contribution in [0.5, 0.6) is 5.75 Å². The van der Waals surface area contributed by atoms with E-state index in [0.717, 1.165) is 18.7 Å². The summed E-state index contributed by atoms with van der Waals surface area (Å²) < 4.78 is 18.6. The molecule has 0 saturated carbocycles. The highest BCUT2D eigenvalue weighted by Crippen LogP contribution is 2.23. The van der Waals surface area contributed by atoms with E-state index < -0.39 is 6.10 Å². The summed E-state index contributed by atoms with van der Waals surface area (Å²) >= 11 is 0. The van der Waals surface area contributed by atoms with Gasteiger partial charge in [0.05, 0.1) is 0 Å². The average Bonchev–Trinajstić information content (AvgIpc) is 3.07. The molecular formula is C20H21FN2O3. The van der Waals surface area contributed by atoms with Crippen molar-refractivity contribution in [3.63, 3.8) is 0 Å². The summed E-state index contributed by atoms with van der Waals surface area (Å²) in [7, 11) is 0. The molecule has 136 valence electrons. The van der Waals surface area contributed by atoms with E-state index in [1.807, 2.05) is 19.1 Å². The Bertz CT molecular complexity index is 775. The first kappa shape index (κ1) is 17.9. The van der Waals surface area contributed by atoms with Gasteiger partial charge in [-0.15, -0.1) is 0 Å². The van der Waals surface area contributed by atoms with Crippen LogP contribution in [0.25, 0.3) is 0 Å². The number of halogens is 1. The van der Waals surface area contributed by atoms with Crippen molar-refractivity contribution in [3.8, 4) is 5.75 Å². The Kier molecular flexibility index (Phi) is 5.51. The molecule has 0 aromatic heterocycles. The smallest absolute Gasteiger partial charge is 0.265 e. The minimum Gasteiger partial charge on any atom is -0.481 e. The summed E-state index contributed by atoms with van der Waals surface area (Å²) in [6.07, 6.45) is 1.25. The van der Waals surface area contributed by atoms with E-state index in [1.165, 1.54) is 24.3 Å². The number of benzene rings is 2. The molecular weight excluding hydrogens is 335 g/mol. The van der Waals surface area contributed by atoms with Gasteiger partial charge in [-0.1, -0.05) is 6.92 Å². The normalized spacial score (nSPS) is 15.0. The quantitative estimate of drug-likeness (QED) is 0.858. The molecule has 1 aliphatic heterocycles. The molecule has 0 radical (unpaired) electrons. The Morgan fingerprint density at radius 1 is 1.19 bits per heavy atom. The SMILES string of the molecule is CC[C@H](Oc1ccc(F)cc1)C(=O)Nc1ccc(N2CCCC2=O)cc1. The molecule has 1 aliphatic rings. The highest BCUT2D eigenvalue weighted by Gasteiger charge is 2.22. The van der Waals surface area contributed by atoms with Crippen LogP contribution in [0.4, 0.5) is 15.8 Å². The molecule has 2 aromatic rings. The van der Waals surface area contributed by atoms with Crippen molar-refractivity contribution >= 4 is 23.2 Å². The number of anilines is 2. The second kappa shape index (κ2) is 7.99. The van der Waals surface area contributed by atoms with E-state index >= 15 is 0 Å². The number of ether oxygens (including phenoxy) is 1.